The van der Waals surface area contributed by atoms with Crippen molar-refractivity contribution < 1.29 is 13.6 Å². The van der Waals surface area contributed by atoms with Crippen LogP contribution in [0.3, 0.4) is 0 Å². The Balaban J connectivity index is 1.28. The average Bonchev–Trinajstić information content (AvgIpc) is 2.72. The maximum absolute atomic E-state index is 13.3. The molecule has 0 spiro atoms. The number of benzene rings is 2. The molecule has 1 aliphatic carbocycles. The van der Waals surface area contributed by atoms with Gasteiger partial charge in [-0.1, -0.05) is 24.3 Å². The number of carbonyl (C=O) groups excluding carboxylic acids is 1. The smallest absolute Gasteiger partial charge is 0.224 e. The van der Waals surface area contributed by atoms with Gasteiger partial charge in [-0.15, -0.1) is 0 Å². The van der Waals surface area contributed by atoms with E-state index in [2.05, 4.69) is 29.7 Å². The standard InChI is InChI=1S/C24H25F2N3O/c1-15-12-23(29-22-5-3-2-4-19(15)22)27-17-7-9-18(10-8-17)28-24(30)14-16-6-11-20(25)21(26)13-16/h2-6,11-13,17-18H,7-10,14H2,1H3,(H,27,29)(H,28,30)/t17-,18+. The Morgan fingerprint density at radius 3 is 2.50 bits per heavy atom. The highest BCUT2D eigenvalue weighted by Gasteiger charge is 2.23. The zero-order valence-electron chi connectivity index (χ0n) is 16.9. The Morgan fingerprint density at radius 2 is 1.73 bits per heavy atom. The second-order valence-corrected chi connectivity index (χ2v) is 8.03. The molecule has 0 atom stereocenters. The lowest BCUT2D eigenvalue weighted by Crippen LogP contribution is -2.40. The van der Waals surface area contributed by atoms with Crippen LogP contribution < -0.4 is 10.6 Å². The van der Waals surface area contributed by atoms with Gasteiger partial charge in [0.05, 0.1) is 11.9 Å². The third-order valence-electron chi connectivity index (χ3n) is 5.72. The zero-order chi connectivity index (χ0) is 21.1. The minimum atomic E-state index is -0.926. The highest BCUT2D eigenvalue weighted by Crippen LogP contribution is 2.25. The fraction of sp³-hybridized carbons (Fsp3) is 0.333. The van der Waals surface area contributed by atoms with E-state index in [-0.39, 0.29) is 18.4 Å². The summed E-state index contributed by atoms with van der Waals surface area (Å²) < 4.78 is 26.3. The molecular weight excluding hydrogens is 384 g/mol. The summed E-state index contributed by atoms with van der Waals surface area (Å²) in [6, 6.07) is 14.2. The molecule has 4 nitrogen and oxygen atoms in total. The van der Waals surface area contributed by atoms with Gasteiger partial charge in [-0.2, -0.15) is 0 Å². The molecule has 1 saturated carbocycles. The quantitative estimate of drug-likeness (QED) is 0.630. The van der Waals surface area contributed by atoms with Crippen LogP contribution >= 0.6 is 0 Å². The Morgan fingerprint density at radius 1 is 1.00 bits per heavy atom. The molecule has 0 bridgehead atoms. The van der Waals surface area contributed by atoms with Crippen molar-refractivity contribution in [1.82, 2.24) is 10.3 Å². The third kappa shape index (κ3) is 4.75. The van der Waals surface area contributed by atoms with Crippen molar-refractivity contribution >= 4 is 22.6 Å². The van der Waals surface area contributed by atoms with Gasteiger partial charge in [0.1, 0.15) is 5.82 Å². The SMILES string of the molecule is Cc1cc(N[C@H]2CC[C@@H](NC(=O)Cc3ccc(F)c(F)c3)CC2)nc2ccccc12. The maximum Gasteiger partial charge on any atom is 0.224 e. The van der Waals surface area contributed by atoms with Crippen LogP contribution in [0.25, 0.3) is 10.9 Å². The van der Waals surface area contributed by atoms with Crippen LogP contribution in [0, 0.1) is 18.6 Å². The molecule has 0 saturated heterocycles. The summed E-state index contributed by atoms with van der Waals surface area (Å²) in [6.07, 6.45) is 3.66. The van der Waals surface area contributed by atoms with Crippen molar-refractivity contribution in [2.45, 2.75) is 51.1 Å². The molecule has 0 aliphatic heterocycles. The van der Waals surface area contributed by atoms with Gasteiger partial charge in [0.2, 0.25) is 5.91 Å². The fourth-order valence-corrected chi connectivity index (χ4v) is 4.13. The summed E-state index contributed by atoms with van der Waals surface area (Å²) in [4.78, 5) is 17.0. The maximum atomic E-state index is 13.3. The van der Waals surface area contributed by atoms with Crippen molar-refractivity contribution in [3.8, 4) is 0 Å². The molecule has 1 aliphatic rings. The van der Waals surface area contributed by atoms with Crippen LogP contribution in [0.1, 0.15) is 36.8 Å². The molecule has 2 N–H and O–H groups in total. The molecule has 1 amide bonds. The molecule has 1 aromatic heterocycles. The summed E-state index contributed by atoms with van der Waals surface area (Å²) in [5.74, 6) is -1.10. The van der Waals surface area contributed by atoms with Gasteiger partial charge >= 0.3 is 0 Å². The summed E-state index contributed by atoms with van der Waals surface area (Å²) in [6.45, 7) is 2.09. The lowest BCUT2D eigenvalue weighted by Gasteiger charge is -2.30. The molecule has 1 heterocycles. The number of aromatic nitrogens is 1. The van der Waals surface area contributed by atoms with Crippen LogP contribution in [0.4, 0.5) is 14.6 Å². The van der Waals surface area contributed by atoms with Gasteiger partial charge < -0.3 is 10.6 Å². The Hall–Kier alpha value is -3.02. The second-order valence-electron chi connectivity index (χ2n) is 8.03. The number of amides is 1. The molecule has 6 heteroatoms. The predicted octanol–water partition coefficient (Wildman–Crippen LogP) is 4.90. The monoisotopic (exact) mass is 409 g/mol. The molecule has 0 radical (unpaired) electrons. The van der Waals surface area contributed by atoms with Crippen molar-refractivity contribution in [3.05, 3.63) is 71.3 Å². The van der Waals surface area contributed by atoms with Crippen LogP contribution in [-0.2, 0) is 11.2 Å². The number of rotatable bonds is 5. The van der Waals surface area contributed by atoms with Crippen LogP contribution in [-0.4, -0.2) is 23.0 Å². The number of nitrogens with zero attached hydrogens (tertiary/aromatic N) is 1. The fourth-order valence-electron chi connectivity index (χ4n) is 4.13. The second kappa shape index (κ2) is 8.78. The number of nitrogens with one attached hydrogen (secondary N) is 2. The lowest BCUT2D eigenvalue weighted by atomic mass is 9.91. The van der Waals surface area contributed by atoms with E-state index in [1.165, 1.54) is 11.6 Å². The van der Waals surface area contributed by atoms with E-state index in [0.29, 0.717) is 11.6 Å². The van der Waals surface area contributed by atoms with Crippen molar-refractivity contribution in [1.29, 1.82) is 0 Å². The van der Waals surface area contributed by atoms with E-state index < -0.39 is 11.6 Å². The van der Waals surface area contributed by atoms with E-state index in [1.54, 1.807) is 0 Å². The minimum Gasteiger partial charge on any atom is -0.367 e. The number of fused-ring (bicyclic) bond motifs is 1. The molecule has 3 aromatic rings. The van der Waals surface area contributed by atoms with E-state index in [4.69, 9.17) is 4.98 Å². The first-order valence-corrected chi connectivity index (χ1v) is 10.3. The van der Waals surface area contributed by atoms with Crippen LogP contribution in [0.2, 0.25) is 0 Å². The Labute approximate surface area is 174 Å². The molecule has 4 rings (SSSR count). The van der Waals surface area contributed by atoms with Crippen molar-refractivity contribution in [2.75, 3.05) is 5.32 Å². The molecule has 30 heavy (non-hydrogen) atoms. The number of para-hydroxylation sites is 1. The van der Waals surface area contributed by atoms with Gasteiger partial charge in [-0.25, -0.2) is 13.8 Å². The summed E-state index contributed by atoms with van der Waals surface area (Å²) in [7, 11) is 0. The number of pyridine rings is 1. The number of anilines is 1. The normalized spacial score (nSPS) is 18.9. The van der Waals surface area contributed by atoms with Gasteiger partial charge in [0.25, 0.3) is 0 Å². The first-order valence-electron chi connectivity index (χ1n) is 10.3. The number of hydrogen-bond acceptors (Lipinski definition) is 3. The number of halogens is 2. The third-order valence-corrected chi connectivity index (χ3v) is 5.72. The largest absolute Gasteiger partial charge is 0.367 e. The minimum absolute atomic E-state index is 0.0513. The summed E-state index contributed by atoms with van der Waals surface area (Å²) in [5, 5.41) is 7.72. The topological polar surface area (TPSA) is 54.0 Å². The molecule has 156 valence electrons. The average molecular weight is 409 g/mol. The van der Waals surface area contributed by atoms with E-state index in [1.807, 2.05) is 18.2 Å². The van der Waals surface area contributed by atoms with Crippen LogP contribution in [0.15, 0.2) is 48.5 Å². The molecule has 0 unspecified atom stereocenters. The van der Waals surface area contributed by atoms with Gasteiger partial charge in [-0.3, -0.25) is 4.79 Å². The number of carbonyl (C=O) groups is 1. The number of hydrogen-bond donors (Lipinski definition) is 2. The van der Waals surface area contributed by atoms with Crippen molar-refractivity contribution in [3.63, 3.8) is 0 Å². The zero-order valence-corrected chi connectivity index (χ0v) is 16.9. The number of aryl methyl sites for hydroxylation is 1. The highest BCUT2D eigenvalue weighted by molar-refractivity contribution is 5.83. The first kappa shape index (κ1) is 20.3. The van der Waals surface area contributed by atoms with E-state index in [0.717, 1.165) is 54.5 Å². The predicted molar refractivity (Wildman–Crippen MR) is 114 cm³/mol. The van der Waals surface area contributed by atoms with E-state index in [9.17, 15) is 13.6 Å². The Kier molecular flexibility index (Phi) is 5.93. The highest BCUT2D eigenvalue weighted by atomic mass is 19.2. The molecule has 1 fully saturated rings. The molecular formula is C24H25F2N3O. The van der Waals surface area contributed by atoms with Gasteiger partial charge in [0.15, 0.2) is 11.6 Å². The van der Waals surface area contributed by atoms with Gasteiger partial charge in [-0.05, 0) is 68.0 Å². The van der Waals surface area contributed by atoms with E-state index >= 15 is 0 Å². The van der Waals surface area contributed by atoms with Crippen molar-refractivity contribution in [2.24, 2.45) is 0 Å². The first-order chi connectivity index (χ1) is 14.5. The summed E-state index contributed by atoms with van der Waals surface area (Å²) in [5.41, 5.74) is 2.65. The molecule has 2 aromatic carbocycles. The lowest BCUT2D eigenvalue weighted by molar-refractivity contribution is -0.121. The Bertz CT molecular complexity index is 1060. The van der Waals surface area contributed by atoms with Crippen LogP contribution in [0.5, 0.6) is 0 Å². The van der Waals surface area contributed by atoms with Gasteiger partial charge in [0, 0.05) is 17.5 Å². The summed E-state index contributed by atoms with van der Waals surface area (Å²) >= 11 is 0.